The summed E-state index contributed by atoms with van der Waals surface area (Å²) in [4.78, 5) is 4.40. The van der Waals surface area contributed by atoms with Gasteiger partial charge in [0, 0.05) is 15.8 Å². The molecule has 0 atom stereocenters. The first-order valence-electron chi connectivity index (χ1n) is 5.65. The van der Waals surface area contributed by atoms with Gasteiger partial charge < -0.3 is 4.42 Å². The lowest BCUT2D eigenvalue weighted by atomic mass is 10.2. The van der Waals surface area contributed by atoms with E-state index in [0.29, 0.717) is 21.0 Å². The summed E-state index contributed by atoms with van der Waals surface area (Å²) in [6, 6.07) is 13.2. The van der Waals surface area contributed by atoms with Crippen LogP contribution in [0.5, 0.6) is 0 Å². The average molecular weight is 310 g/mol. The fourth-order valence-corrected chi connectivity index (χ4v) is 3.30. The normalized spacial score (nSPS) is 11.1. The van der Waals surface area contributed by atoms with Crippen LogP contribution in [-0.2, 0) is 5.75 Å². The number of para-hydroxylation sites is 2. The zero-order valence-corrected chi connectivity index (χ0v) is 12.1. The van der Waals surface area contributed by atoms with Crippen LogP contribution >= 0.6 is 35.0 Å². The molecule has 0 spiro atoms. The lowest BCUT2D eigenvalue weighted by Gasteiger charge is -2.04. The van der Waals surface area contributed by atoms with Gasteiger partial charge in [0.25, 0.3) is 5.22 Å². The number of oxazole rings is 1. The van der Waals surface area contributed by atoms with E-state index in [9.17, 15) is 0 Å². The zero-order chi connectivity index (χ0) is 13.2. The third-order valence-electron chi connectivity index (χ3n) is 2.68. The third kappa shape index (κ3) is 2.73. The summed E-state index contributed by atoms with van der Waals surface area (Å²) in [6.45, 7) is 0. The zero-order valence-electron chi connectivity index (χ0n) is 9.77. The second-order valence-corrected chi connectivity index (χ2v) is 5.68. The first kappa shape index (κ1) is 12.9. The van der Waals surface area contributed by atoms with Crippen LogP contribution in [0.25, 0.3) is 11.1 Å². The second-order valence-electron chi connectivity index (χ2n) is 3.94. The van der Waals surface area contributed by atoms with Crippen molar-refractivity contribution in [2.45, 2.75) is 11.0 Å². The molecule has 0 aliphatic rings. The first-order chi connectivity index (χ1) is 9.24. The topological polar surface area (TPSA) is 26.0 Å². The van der Waals surface area contributed by atoms with E-state index >= 15 is 0 Å². The molecule has 2 aromatic carbocycles. The van der Waals surface area contributed by atoms with Gasteiger partial charge in [0.05, 0.1) is 0 Å². The summed E-state index contributed by atoms with van der Waals surface area (Å²) in [5.74, 6) is 0.630. The standard InChI is InChI=1S/C14H9Cl2NOS/c15-10-4-3-5-11(16)9(10)8-19-14-17-12-6-1-2-7-13(12)18-14/h1-7H,8H2. The molecule has 0 unspecified atom stereocenters. The van der Waals surface area contributed by atoms with E-state index in [1.807, 2.05) is 42.5 Å². The van der Waals surface area contributed by atoms with Crippen molar-refractivity contribution >= 4 is 46.1 Å². The van der Waals surface area contributed by atoms with E-state index in [1.165, 1.54) is 11.8 Å². The molecule has 0 bridgehead atoms. The Bertz CT molecular complexity index is 673. The van der Waals surface area contributed by atoms with Crippen LogP contribution in [-0.4, -0.2) is 4.98 Å². The van der Waals surface area contributed by atoms with Crippen molar-refractivity contribution in [1.82, 2.24) is 4.98 Å². The van der Waals surface area contributed by atoms with Gasteiger partial charge in [-0.15, -0.1) is 0 Å². The van der Waals surface area contributed by atoms with Gasteiger partial charge in [0.2, 0.25) is 0 Å². The summed E-state index contributed by atoms with van der Waals surface area (Å²) in [5, 5.41) is 1.95. The molecule has 0 aliphatic carbocycles. The molecule has 1 aromatic heterocycles. The van der Waals surface area contributed by atoms with E-state index in [1.54, 1.807) is 0 Å². The number of thioether (sulfide) groups is 1. The molecule has 19 heavy (non-hydrogen) atoms. The maximum Gasteiger partial charge on any atom is 0.257 e. The highest BCUT2D eigenvalue weighted by atomic mass is 35.5. The number of benzene rings is 2. The number of fused-ring (bicyclic) bond motifs is 1. The molecule has 0 N–H and O–H groups in total. The van der Waals surface area contributed by atoms with E-state index in [-0.39, 0.29) is 0 Å². The van der Waals surface area contributed by atoms with Gasteiger partial charge in [-0.25, -0.2) is 4.98 Å². The molecule has 1 heterocycles. The van der Waals surface area contributed by atoms with Gasteiger partial charge in [-0.05, 0) is 29.8 Å². The monoisotopic (exact) mass is 309 g/mol. The molecular weight excluding hydrogens is 301 g/mol. The van der Waals surface area contributed by atoms with Crippen molar-refractivity contribution in [3.63, 3.8) is 0 Å². The molecule has 0 saturated carbocycles. The number of hydrogen-bond acceptors (Lipinski definition) is 3. The van der Waals surface area contributed by atoms with Crippen LogP contribution in [0.1, 0.15) is 5.56 Å². The van der Waals surface area contributed by atoms with Crippen LogP contribution in [0.2, 0.25) is 10.0 Å². The number of aromatic nitrogens is 1. The third-order valence-corrected chi connectivity index (χ3v) is 4.24. The first-order valence-corrected chi connectivity index (χ1v) is 7.39. The van der Waals surface area contributed by atoms with Crippen molar-refractivity contribution in [3.05, 3.63) is 58.1 Å². The molecule has 3 rings (SSSR count). The van der Waals surface area contributed by atoms with Gasteiger partial charge in [0.15, 0.2) is 5.58 Å². The average Bonchev–Trinajstić information content (AvgIpc) is 2.81. The molecule has 0 amide bonds. The molecule has 0 aliphatic heterocycles. The fourth-order valence-electron chi connectivity index (χ4n) is 1.72. The molecule has 96 valence electrons. The Balaban J connectivity index is 1.82. The van der Waals surface area contributed by atoms with Crippen molar-refractivity contribution in [3.8, 4) is 0 Å². The number of rotatable bonds is 3. The molecule has 5 heteroatoms. The van der Waals surface area contributed by atoms with Crippen molar-refractivity contribution in [2.24, 2.45) is 0 Å². The lowest BCUT2D eigenvalue weighted by Crippen LogP contribution is -1.84. The maximum absolute atomic E-state index is 6.13. The van der Waals surface area contributed by atoms with E-state index in [2.05, 4.69) is 4.98 Å². The van der Waals surface area contributed by atoms with E-state index in [0.717, 1.165) is 16.7 Å². The van der Waals surface area contributed by atoms with Crippen LogP contribution < -0.4 is 0 Å². The van der Waals surface area contributed by atoms with Crippen molar-refractivity contribution in [2.75, 3.05) is 0 Å². The van der Waals surface area contributed by atoms with Gasteiger partial charge in [0.1, 0.15) is 5.52 Å². The molecule has 2 nitrogen and oxygen atoms in total. The van der Waals surface area contributed by atoms with Crippen molar-refractivity contribution < 1.29 is 4.42 Å². The molecule has 0 saturated heterocycles. The minimum Gasteiger partial charge on any atom is -0.431 e. The minimum absolute atomic E-state index is 0.622. The van der Waals surface area contributed by atoms with Gasteiger partial charge in [-0.2, -0.15) is 0 Å². The predicted octanol–water partition coefficient (Wildman–Crippen LogP) is 5.43. The highest BCUT2D eigenvalue weighted by Crippen LogP contribution is 2.32. The maximum atomic E-state index is 6.13. The predicted molar refractivity (Wildman–Crippen MR) is 80.0 cm³/mol. The Morgan fingerprint density at radius 1 is 1.00 bits per heavy atom. The van der Waals surface area contributed by atoms with Crippen LogP contribution in [0.15, 0.2) is 52.1 Å². The van der Waals surface area contributed by atoms with Gasteiger partial charge >= 0.3 is 0 Å². The highest BCUT2D eigenvalue weighted by molar-refractivity contribution is 7.98. The summed E-state index contributed by atoms with van der Waals surface area (Å²) in [6.07, 6.45) is 0. The van der Waals surface area contributed by atoms with Crippen molar-refractivity contribution in [1.29, 1.82) is 0 Å². The number of nitrogens with zero attached hydrogens (tertiary/aromatic N) is 1. The van der Waals surface area contributed by atoms with E-state index in [4.69, 9.17) is 27.6 Å². The van der Waals surface area contributed by atoms with Gasteiger partial charge in [-0.3, -0.25) is 0 Å². The summed E-state index contributed by atoms with van der Waals surface area (Å²) in [7, 11) is 0. The van der Waals surface area contributed by atoms with Crippen LogP contribution in [0.4, 0.5) is 0 Å². The van der Waals surface area contributed by atoms with E-state index < -0.39 is 0 Å². The molecule has 3 aromatic rings. The second kappa shape index (κ2) is 5.45. The fraction of sp³-hybridized carbons (Fsp3) is 0.0714. The Morgan fingerprint density at radius 3 is 2.47 bits per heavy atom. The Hall–Kier alpha value is -1.16. The highest BCUT2D eigenvalue weighted by Gasteiger charge is 2.10. The lowest BCUT2D eigenvalue weighted by molar-refractivity contribution is 0.489. The number of halogens is 2. The Kier molecular flexibility index (Phi) is 3.69. The quantitative estimate of drug-likeness (QED) is 0.604. The summed E-state index contributed by atoms with van der Waals surface area (Å²) in [5.41, 5.74) is 2.55. The Morgan fingerprint density at radius 2 is 1.74 bits per heavy atom. The molecule has 0 radical (unpaired) electrons. The van der Waals surface area contributed by atoms with Crippen LogP contribution in [0.3, 0.4) is 0 Å². The summed E-state index contributed by atoms with van der Waals surface area (Å²) >= 11 is 13.7. The molecular formula is C14H9Cl2NOS. The van der Waals surface area contributed by atoms with Crippen LogP contribution in [0, 0.1) is 0 Å². The van der Waals surface area contributed by atoms with Gasteiger partial charge in [-0.1, -0.05) is 53.2 Å². The minimum atomic E-state index is 0.622. The Labute approximate surface area is 124 Å². The SMILES string of the molecule is Clc1cccc(Cl)c1CSc1nc2ccccc2o1. The summed E-state index contributed by atoms with van der Waals surface area (Å²) < 4.78 is 5.64. The number of hydrogen-bond donors (Lipinski definition) is 0. The smallest absolute Gasteiger partial charge is 0.257 e. The molecule has 0 fully saturated rings. The largest absolute Gasteiger partial charge is 0.431 e.